The Kier molecular flexibility index (Phi) is 5.03. The zero-order valence-electron chi connectivity index (χ0n) is 15.3. The van der Waals surface area contributed by atoms with Crippen LogP contribution in [0.5, 0.6) is 0 Å². The predicted octanol–water partition coefficient (Wildman–Crippen LogP) is 3.30. The van der Waals surface area contributed by atoms with Crippen molar-refractivity contribution in [3.8, 4) is 0 Å². The quantitative estimate of drug-likeness (QED) is 0.517. The van der Waals surface area contributed by atoms with Gasteiger partial charge in [0.15, 0.2) is 5.16 Å². The van der Waals surface area contributed by atoms with Crippen molar-refractivity contribution in [1.29, 1.82) is 0 Å². The molecule has 0 aliphatic carbocycles. The minimum absolute atomic E-state index is 0.0834. The molecule has 2 aromatic heterocycles. The Bertz CT molecular complexity index is 1020. The number of fused-ring (bicyclic) bond motifs is 3. The van der Waals surface area contributed by atoms with Crippen molar-refractivity contribution >= 4 is 50.7 Å². The third kappa shape index (κ3) is 3.92. The van der Waals surface area contributed by atoms with Gasteiger partial charge in [-0.3, -0.25) is 4.79 Å². The highest BCUT2D eigenvalue weighted by Crippen LogP contribution is 2.37. The van der Waals surface area contributed by atoms with Crippen molar-refractivity contribution in [2.75, 3.05) is 30.4 Å². The molecule has 1 aliphatic heterocycles. The summed E-state index contributed by atoms with van der Waals surface area (Å²) in [5.74, 6) is 0.677. The normalized spacial score (nSPS) is 14.3. The lowest BCUT2D eigenvalue weighted by Gasteiger charge is -2.22. The van der Waals surface area contributed by atoms with E-state index < -0.39 is 0 Å². The molecule has 0 unspecified atom stereocenters. The van der Waals surface area contributed by atoms with Gasteiger partial charge in [-0.25, -0.2) is 9.97 Å². The molecule has 0 radical (unpaired) electrons. The van der Waals surface area contributed by atoms with Crippen LogP contribution in [0.2, 0.25) is 0 Å². The van der Waals surface area contributed by atoms with E-state index >= 15 is 0 Å². The molecule has 0 atom stereocenters. The van der Waals surface area contributed by atoms with Gasteiger partial charge in [0, 0.05) is 23.7 Å². The van der Waals surface area contributed by atoms with Gasteiger partial charge in [-0.15, -0.1) is 11.3 Å². The van der Waals surface area contributed by atoms with Gasteiger partial charge < -0.3 is 16.0 Å². The highest BCUT2D eigenvalue weighted by atomic mass is 32.2. The number of likely N-dealkylation sites (N-methyl/N-ethyl adjacent to an activating group) is 1. The Morgan fingerprint density at radius 2 is 2.26 bits per heavy atom. The van der Waals surface area contributed by atoms with Crippen LogP contribution in [0.25, 0.3) is 10.2 Å². The third-order valence-corrected chi connectivity index (χ3v) is 6.49. The molecule has 3 N–H and O–H groups in total. The smallest absolute Gasteiger partial charge is 0.234 e. The van der Waals surface area contributed by atoms with Gasteiger partial charge in [-0.1, -0.05) is 23.9 Å². The fraction of sp³-hybridized carbons (Fsp3) is 0.316. The maximum atomic E-state index is 12.2. The van der Waals surface area contributed by atoms with Crippen molar-refractivity contribution in [3.63, 3.8) is 0 Å². The first-order valence-electron chi connectivity index (χ1n) is 8.75. The Morgan fingerprint density at radius 1 is 1.41 bits per heavy atom. The second kappa shape index (κ2) is 7.46. The lowest BCUT2D eigenvalue weighted by molar-refractivity contribution is -0.113. The van der Waals surface area contributed by atoms with Crippen LogP contribution >= 0.6 is 23.1 Å². The summed E-state index contributed by atoms with van der Waals surface area (Å²) in [7, 11) is 2.12. The molecule has 0 saturated carbocycles. The Hall–Kier alpha value is -2.16. The summed E-state index contributed by atoms with van der Waals surface area (Å²) in [6, 6.07) is 7.74. The first kappa shape index (κ1) is 18.2. The number of aromatic nitrogens is 2. The molecule has 0 saturated heterocycles. The lowest BCUT2D eigenvalue weighted by atomic mass is 10.1. The van der Waals surface area contributed by atoms with Crippen molar-refractivity contribution in [2.45, 2.75) is 25.0 Å². The minimum atomic E-state index is -0.0834. The van der Waals surface area contributed by atoms with Gasteiger partial charge in [-0.2, -0.15) is 0 Å². The van der Waals surface area contributed by atoms with Gasteiger partial charge in [0.25, 0.3) is 0 Å². The van der Waals surface area contributed by atoms with Crippen molar-refractivity contribution in [1.82, 2.24) is 14.9 Å². The first-order chi connectivity index (χ1) is 13.0. The van der Waals surface area contributed by atoms with Crippen LogP contribution in [-0.2, 0) is 17.8 Å². The zero-order chi connectivity index (χ0) is 19.0. The summed E-state index contributed by atoms with van der Waals surface area (Å²) in [6.45, 7) is 3.94. The van der Waals surface area contributed by atoms with E-state index in [0.29, 0.717) is 11.0 Å². The lowest BCUT2D eigenvalue weighted by Crippen LogP contribution is -2.25. The Balaban J connectivity index is 1.48. The zero-order valence-corrected chi connectivity index (χ0v) is 16.9. The average molecular weight is 400 g/mol. The molecule has 8 heteroatoms. The van der Waals surface area contributed by atoms with Crippen LogP contribution < -0.4 is 11.1 Å². The molecule has 4 rings (SSSR count). The summed E-state index contributed by atoms with van der Waals surface area (Å²) in [5, 5.41) is 4.44. The number of rotatable bonds is 4. The van der Waals surface area contributed by atoms with E-state index in [4.69, 9.17) is 5.73 Å². The van der Waals surface area contributed by atoms with Gasteiger partial charge in [0.05, 0.1) is 11.1 Å². The van der Waals surface area contributed by atoms with E-state index in [9.17, 15) is 4.79 Å². The molecular formula is C19H21N5OS2. The van der Waals surface area contributed by atoms with E-state index in [-0.39, 0.29) is 11.7 Å². The monoisotopic (exact) mass is 399 g/mol. The molecular weight excluding hydrogens is 378 g/mol. The number of anilines is 2. The number of carbonyl (C=O) groups excluding carboxylic acids is 1. The number of nitrogens with two attached hydrogens (primary N) is 1. The minimum Gasteiger partial charge on any atom is -0.383 e. The topological polar surface area (TPSA) is 84.1 Å². The average Bonchev–Trinajstić information content (AvgIpc) is 2.97. The predicted molar refractivity (Wildman–Crippen MR) is 112 cm³/mol. The second-order valence-corrected chi connectivity index (χ2v) is 8.80. The number of thiophene rings is 1. The number of nitrogen functional groups attached to an aromatic ring is 1. The van der Waals surface area contributed by atoms with Crippen LogP contribution in [0, 0.1) is 6.92 Å². The maximum absolute atomic E-state index is 12.2. The molecule has 1 aliphatic rings. The second-order valence-electron chi connectivity index (χ2n) is 6.77. The first-order valence-corrected chi connectivity index (χ1v) is 10.6. The number of nitrogens with zero attached hydrogens (tertiary/aromatic N) is 3. The number of aryl methyl sites for hydroxylation is 1. The maximum Gasteiger partial charge on any atom is 0.234 e. The third-order valence-electron chi connectivity index (χ3n) is 4.53. The standard InChI is InChI=1S/C19H21N5OS2/c1-11-4-3-5-12(8-11)21-15(25)10-26-19-22-17(20)16-13-6-7-24(2)9-14(13)27-18(16)23-19/h3-5,8H,6-7,9-10H2,1-2H3,(H,21,25)(H2,20,22,23). The molecule has 3 aromatic rings. The number of benzene rings is 1. The van der Waals surface area contributed by atoms with Crippen molar-refractivity contribution < 1.29 is 4.79 Å². The van der Waals surface area contributed by atoms with E-state index in [1.165, 1.54) is 22.2 Å². The van der Waals surface area contributed by atoms with E-state index in [0.717, 1.165) is 41.0 Å². The molecule has 140 valence electrons. The number of thioether (sulfide) groups is 1. The highest BCUT2D eigenvalue weighted by Gasteiger charge is 2.22. The van der Waals surface area contributed by atoms with Gasteiger partial charge in [0.2, 0.25) is 5.91 Å². The summed E-state index contributed by atoms with van der Waals surface area (Å²) in [5.41, 5.74) is 9.43. The van der Waals surface area contributed by atoms with E-state index in [1.54, 1.807) is 11.3 Å². The van der Waals surface area contributed by atoms with Crippen LogP contribution in [0.15, 0.2) is 29.4 Å². The molecule has 0 bridgehead atoms. The Morgan fingerprint density at radius 3 is 3.07 bits per heavy atom. The SMILES string of the molecule is Cc1cccc(NC(=O)CSc2nc(N)c3c4c(sc3n2)CN(C)CC4)c1. The molecule has 3 heterocycles. The summed E-state index contributed by atoms with van der Waals surface area (Å²) in [6.07, 6.45) is 0.977. The summed E-state index contributed by atoms with van der Waals surface area (Å²) < 4.78 is 0. The van der Waals surface area contributed by atoms with E-state index in [1.807, 2.05) is 31.2 Å². The number of hydrogen-bond donors (Lipinski definition) is 2. The van der Waals surface area contributed by atoms with Crippen molar-refractivity contribution in [3.05, 3.63) is 40.3 Å². The van der Waals surface area contributed by atoms with Crippen LogP contribution in [0.4, 0.5) is 11.5 Å². The number of hydrogen-bond acceptors (Lipinski definition) is 7. The molecule has 0 spiro atoms. The molecule has 1 amide bonds. The number of nitrogens with one attached hydrogen (secondary N) is 1. The van der Waals surface area contributed by atoms with E-state index in [2.05, 4.69) is 27.2 Å². The largest absolute Gasteiger partial charge is 0.383 e. The molecule has 0 fully saturated rings. The number of amides is 1. The van der Waals surface area contributed by atoms with Gasteiger partial charge in [-0.05, 0) is 43.7 Å². The molecule has 1 aromatic carbocycles. The van der Waals surface area contributed by atoms with Crippen LogP contribution in [0.3, 0.4) is 0 Å². The molecule has 6 nitrogen and oxygen atoms in total. The fourth-order valence-corrected chi connectivity index (χ4v) is 5.26. The highest BCUT2D eigenvalue weighted by molar-refractivity contribution is 7.99. The summed E-state index contributed by atoms with van der Waals surface area (Å²) >= 11 is 2.99. The molecule has 27 heavy (non-hydrogen) atoms. The Labute approximate surface area is 166 Å². The fourth-order valence-electron chi connectivity index (χ4n) is 3.25. The van der Waals surface area contributed by atoms with Gasteiger partial charge in [0.1, 0.15) is 10.6 Å². The number of carbonyl (C=O) groups is 1. The van der Waals surface area contributed by atoms with Gasteiger partial charge >= 0.3 is 0 Å². The summed E-state index contributed by atoms with van der Waals surface area (Å²) in [4.78, 5) is 25.8. The van der Waals surface area contributed by atoms with Crippen molar-refractivity contribution in [2.24, 2.45) is 0 Å². The van der Waals surface area contributed by atoms with Crippen LogP contribution in [0.1, 0.15) is 16.0 Å². The van der Waals surface area contributed by atoms with Crippen LogP contribution in [-0.4, -0.2) is 40.1 Å².